The van der Waals surface area contributed by atoms with E-state index in [9.17, 15) is 9.59 Å². The Balaban J connectivity index is 1.73. The van der Waals surface area contributed by atoms with Crippen LogP contribution in [0.4, 0.5) is 11.4 Å². The second-order valence-electron chi connectivity index (χ2n) is 7.62. The van der Waals surface area contributed by atoms with Crippen LogP contribution >= 0.6 is 0 Å². The number of benzene rings is 2. The summed E-state index contributed by atoms with van der Waals surface area (Å²) in [6.07, 6.45) is 7.48. The molecule has 2 amide bonds. The first-order chi connectivity index (χ1) is 15.2. The van der Waals surface area contributed by atoms with Crippen molar-refractivity contribution in [2.75, 3.05) is 43.6 Å². The highest BCUT2D eigenvalue weighted by Crippen LogP contribution is 2.27. The van der Waals surface area contributed by atoms with Crippen molar-refractivity contribution < 1.29 is 14.3 Å². The quantitative estimate of drug-likeness (QED) is 0.473. The van der Waals surface area contributed by atoms with Crippen molar-refractivity contribution in [2.24, 2.45) is 0 Å². The molecule has 1 saturated heterocycles. The number of hydrogen-bond acceptors (Lipinski definition) is 4. The Morgan fingerprint density at radius 1 is 1.06 bits per heavy atom. The van der Waals surface area contributed by atoms with Crippen LogP contribution in [0.5, 0.6) is 0 Å². The van der Waals surface area contributed by atoms with Gasteiger partial charge in [0.25, 0.3) is 5.91 Å². The third kappa shape index (κ3) is 6.96. The number of hydrogen-bond donors (Lipinski definition) is 2. The topological polar surface area (TPSA) is 70.7 Å². The molecule has 0 radical (unpaired) electrons. The largest absolute Gasteiger partial charge is 0.385 e. The van der Waals surface area contributed by atoms with Gasteiger partial charge in [0, 0.05) is 50.8 Å². The first-order valence-electron chi connectivity index (χ1n) is 10.9. The first kappa shape index (κ1) is 22.6. The van der Waals surface area contributed by atoms with Gasteiger partial charge >= 0.3 is 0 Å². The van der Waals surface area contributed by atoms with Crippen LogP contribution in [-0.2, 0) is 9.53 Å². The van der Waals surface area contributed by atoms with E-state index in [1.54, 1.807) is 19.3 Å². The minimum Gasteiger partial charge on any atom is -0.385 e. The van der Waals surface area contributed by atoms with Gasteiger partial charge in [-0.05, 0) is 55.5 Å². The van der Waals surface area contributed by atoms with Crippen LogP contribution < -0.4 is 15.5 Å². The van der Waals surface area contributed by atoms with E-state index in [1.807, 2.05) is 42.5 Å². The van der Waals surface area contributed by atoms with Gasteiger partial charge in [-0.3, -0.25) is 9.59 Å². The van der Waals surface area contributed by atoms with E-state index in [0.717, 1.165) is 43.6 Å². The molecule has 0 atom stereocenters. The van der Waals surface area contributed by atoms with Crippen LogP contribution in [-0.4, -0.2) is 45.2 Å². The Bertz CT molecular complexity index is 890. The fraction of sp³-hybridized carbons (Fsp3) is 0.360. The van der Waals surface area contributed by atoms with Crippen molar-refractivity contribution in [1.29, 1.82) is 0 Å². The molecular formula is C25H31N3O3. The summed E-state index contributed by atoms with van der Waals surface area (Å²) in [6, 6.07) is 15.2. The standard InChI is InChI=1S/C25H31N3O3/c1-31-18-8-15-26-25(30)22-19-21(12-13-23(22)28-16-6-3-7-17-28)27-24(29)14-11-20-9-4-2-5-10-20/h2,4-5,9-14,19H,3,6-8,15-18H2,1H3,(H,26,30)(H,27,29). The number of methoxy groups -OCH3 is 1. The van der Waals surface area contributed by atoms with E-state index in [1.165, 1.54) is 12.5 Å². The number of nitrogens with one attached hydrogen (secondary N) is 2. The monoisotopic (exact) mass is 421 g/mol. The van der Waals surface area contributed by atoms with Crippen LogP contribution in [0.1, 0.15) is 41.6 Å². The maximum absolute atomic E-state index is 12.9. The summed E-state index contributed by atoms with van der Waals surface area (Å²) in [5.74, 6) is -0.367. The summed E-state index contributed by atoms with van der Waals surface area (Å²) in [5.41, 5.74) is 3.06. The Morgan fingerprint density at radius 3 is 2.58 bits per heavy atom. The summed E-state index contributed by atoms with van der Waals surface area (Å²) in [4.78, 5) is 27.5. The van der Waals surface area contributed by atoms with Crippen LogP contribution in [0.2, 0.25) is 0 Å². The lowest BCUT2D eigenvalue weighted by molar-refractivity contribution is -0.111. The minimum atomic E-state index is -0.235. The zero-order valence-electron chi connectivity index (χ0n) is 18.1. The predicted molar refractivity (Wildman–Crippen MR) is 125 cm³/mol. The van der Waals surface area contributed by atoms with Gasteiger partial charge in [0.15, 0.2) is 0 Å². The summed E-state index contributed by atoms with van der Waals surface area (Å²) in [6.45, 7) is 3.02. The SMILES string of the molecule is COCCCNC(=O)c1cc(NC(=O)C=Cc2ccccc2)ccc1N1CCCCC1. The smallest absolute Gasteiger partial charge is 0.253 e. The third-order valence-electron chi connectivity index (χ3n) is 5.24. The molecular weight excluding hydrogens is 390 g/mol. The number of carbonyl (C=O) groups excluding carboxylic acids is 2. The fourth-order valence-electron chi connectivity index (χ4n) is 3.64. The van der Waals surface area contributed by atoms with Gasteiger partial charge in [0.1, 0.15) is 0 Å². The lowest BCUT2D eigenvalue weighted by atomic mass is 10.1. The lowest BCUT2D eigenvalue weighted by Crippen LogP contribution is -2.33. The number of piperidine rings is 1. The van der Waals surface area contributed by atoms with Gasteiger partial charge in [-0.2, -0.15) is 0 Å². The highest BCUT2D eigenvalue weighted by Gasteiger charge is 2.19. The molecule has 1 fully saturated rings. The fourth-order valence-corrected chi connectivity index (χ4v) is 3.64. The van der Waals surface area contributed by atoms with Gasteiger partial charge in [-0.25, -0.2) is 0 Å². The highest BCUT2D eigenvalue weighted by atomic mass is 16.5. The van der Waals surface area contributed by atoms with E-state index >= 15 is 0 Å². The Hall–Kier alpha value is -3.12. The van der Waals surface area contributed by atoms with Crippen molar-refractivity contribution in [1.82, 2.24) is 5.32 Å². The van der Waals surface area contributed by atoms with Crippen molar-refractivity contribution in [3.63, 3.8) is 0 Å². The minimum absolute atomic E-state index is 0.132. The third-order valence-corrected chi connectivity index (χ3v) is 5.24. The van der Waals surface area contributed by atoms with Crippen LogP contribution in [0.15, 0.2) is 54.6 Å². The number of amides is 2. The molecule has 6 heteroatoms. The van der Waals surface area contributed by atoms with Gasteiger partial charge in [-0.1, -0.05) is 30.3 Å². The highest BCUT2D eigenvalue weighted by molar-refractivity contribution is 6.05. The lowest BCUT2D eigenvalue weighted by Gasteiger charge is -2.30. The van der Waals surface area contributed by atoms with Crippen molar-refractivity contribution in [3.05, 3.63) is 65.7 Å². The van der Waals surface area contributed by atoms with Crippen LogP contribution in [0.25, 0.3) is 6.08 Å². The maximum Gasteiger partial charge on any atom is 0.253 e. The average molecular weight is 422 g/mol. The summed E-state index contributed by atoms with van der Waals surface area (Å²) in [5, 5.41) is 5.84. The molecule has 0 bridgehead atoms. The zero-order valence-corrected chi connectivity index (χ0v) is 18.1. The molecule has 2 aromatic carbocycles. The second-order valence-corrected chi connectivity index (χ2v) is 7.62. The molecule has 0 spiro atoms. The van der Waals surface area contributed by atoms with Crippen molar-refractivity contribution in [2.45, 2.75) is 25.7 Å². The van der Waals surface area contributed by atoms with E-state index < -0.39 is 0 Å². The molecule has 0 aliphatic carbocycles. The van der Waals surface area contributed by atoms with E-state index in [2.05, 4.69) is 15.5 Å². The van der Waals surface area contributed by atoms with Gasteiger partial charge < -0.3 is 20.3 Å². The van der Waals surface area contributed by atoms with Crippen LogP contribution in [0, 0.1) is 0 Å². The van der Waals surface area contributed by atoms with E-state index in [0.29, 0.717) is 24.4 Å². The number of rotatable bonds is 9. The summed E-state index contributed by atoms with van der Waals surface area (Å²) < 4.78 is 5.05. The number of anilines is 2. The molecule has 0 unspecified atom stereocenters. The Labute approximate surface area is 184 Å². The molecule has 0 saturated carbocycles. The molecule has 1 aliphatic rings. The van der Waals surface area contributed by atoms with E-state index in [4.69, 9.17) is 4.74 Å². The van der Waals surface area contributed by atoms with Gasteiger partial charge in [0.2, 0.25) is 5.91 Å². The van der Waals surface area contributed by atoms with Crippen LogP contribution in [0.3, 0.4) is 0 Å². The molecule has 1 aliphatic heterocycles. The number of nitrogens with zero attached hydrogens (tertiary/aromatic N) is 1. The number of carbonyl (C=O) groups is 2. The molecule has 2 N–H and O–H groups in total. The number of ether oxygens (including phenoxy) is 1. The predicted octanol–water partition coefficient (Wildman–Crippen LogP) is 4.10. The van der Waals surface area contributed by atoms with Crippen molar-refractivity contribution in [3.8, 4) is 0 Å². The first-order valence-corrected chi connectivity index (χ1v) is 10.9. The van der Waals surface area contributed by atoms with Gasteiger partial charge in [-0.15, -0.1) is 0 Å². The van der Waals surface area contributed by atoms with Crippen molar-refractivity contribution >= 4 is 29.3 Å². The maximum atomic E-state index is 12.9. The molecule has 31 heavy (non-hydrogen) atoms. The summed E-state index contributed by atoms with van der Waals surface area (Å²) >= 11 is 0. The average Bonchev–Trinajstić information content (AvgIpc) is 2.81. The molecule has 3 rings (SSSR count). The Kier molecular flexibility index (Phi) is 8.67. The molecule has 6 nitrogen and oxygen atoms in total. The zero-order chi connectivity index (χ0) is 21.9. The normalized spacial score (nSPS) is 13.9. The Morgan fingerprint density at radius 2 is 1.84 bits per heavy atom. The molecule has 2 aromatic rings. The van der Waals surface area contributed by atoms with E-state index in [-0.39, 0.29) is 11.8 Å². The van der Waals surface area contributed by atoms with Gasteiger partial charge in [0.05, 0.1) is 5.56 Å². The molecule has 164 valence electrons. The molecule has 0 aromatic heterocycles. The summed E-state index contributed by atoms with van der Waals surface area (Å²) in [7, 11) is 1.65. The second kappa shape index (κ2) is 11.9. The molecule has 1 heterocycles.